The van der Waals surface area contributed by atoms with Gasteiger partial charge in [-0.3, -0.25) is 9.59 Å². The third-order valence-corrected chi connectivity index (χ3v) is 4.61. The summed E-state index contributed by atoms with van der Waals surface area (Å²) >= 11 is 0. The van der Waals surface area contributed by atoms with E-state index in [4.69, 9.17) is 5.11 Å². The summed E-state index contributed by atoms with van der Waals surface area (Å²) in [5, 5.41) is 19.9. The first-order chi connectivity index (χ1) is 12.9. The number of aryl methyl sites for hydroxylation is 1. The third kappa shape index (κ3) is 3.61. The van der Waals surface area contributed by atoms with E-state index >= 15 is 0 Å². The lowest BCUT2D eigenvalue weighted by atomic mass is 9.95. The van der Waals surface area contributed by atoms with Crippen LogP contribution in [-0.2, 0) is 9.59 Å². The lowest BCUT2D eigenvalue weighted by Crippen LogP contribution is -2.31. The molecule has 0 aliphatic carbocycles. The summed E-state index contributed by atoms with van der Waals surface area (Å²) in [6, 6.07) is 11.6. The van der Waals surface area contributed by atoms with Gasteiger partial charge in [0.25, 0.3) is 11.7 Å². The first kappa shape index (κ1) is 18.8. The molecule has 3 rings (SSSR count). The number of ketones is 1. The van der Waals surface area contributed by atoms with Crippen molar-refractivity contribution in [3.63, 3.8) is 0 Å². The van der Waals surface area contributed by atoms with Crippen LogP contribution in [0.25, 0.3) is 5.76 Å². The molecule has 0 aromatic heterocycles. The largest absolute Gasteiger partial charge is 0.507 e. The molecule has 1 saturated heterocycles. The van der Waals surface area contributed by atoms with Crippen LogP contribution in [0.15, 0.2) is 54.1 Å². The van der Waals surface area contributed by atoms with Crippen molar-refractivity contribution >= 4 is 17.4 Å². The van der Waals surface area contributed by atoms with E-state index < -0.39 is 23.5 Å². The summed E-state index contributed by atoms with van der Waals surface area (Å²) in [5.74, 6) is -2.24. The first-order valence-electron chi connectivity index (χ1n) is 8.66. The zero-order valence-electron chi connectivity index (χ0n) is 14.9. The van der Waals surface area contributed by atoms with Gasteiger partial charge in [-0.25, -0.2) is 4.39 Å². The Kier molecular flexibility index (Phi) is 5.37. The predicted molar refractivity (Wildman–Crippen MR) is 98.3 cm³/mol. The molecule has 0 saturated carbocycles. The highest BCUT2D eigenvalue weighted by molar-refractivity contribution is 6.46. The molecule has 2 N–H and O–H groups in total. The maximum atomic E-state index is 13.3. The highest BCUT2D eigenvalue weighted by Gasteiger charge is 2.45. The number of aliphatic hydroxyl groups is 2. The van der Waals surface area contributed by atoms with Gasteiger partial charge in [-0.05, 0) is 31.0 Å². The molecule has 1 fully saturated rings. The van der Waals surface area contributed by atoms with E-state index in [-0.39, 0.29) is 30.9 Å². The molecule has 2 aromatic carbocycles. The first-order valence-corrected chi connectivity index (χ1v) is 8.66. The van der Waals surface area contributed by atoms with Crippen molar-refractivity contribution in [3.8, 4) is 0 Å². The van der Waals surface area contributed by atoms with E-state index in [0.717, 1.165) is 5.56 Å². The molecule has 1 aliphatic heterocycles. The lowest BCUT2D eigenvalue weighted by Gasteiger charge is -2.25. The van der Waals surface area contributed by atoms with Crippen molar-refractivity contribution in [1.82, 2.24) is 4.90 Å². The number of hydrogen-bond donors (Lipinski definition) is 2. The van der Waals surface area contributed by atoms with Gasteiger partial charge in [0.1, 0.15) is 11.6 Å². The zero-order chi connectivity index (χ0) is 19.6. The molecule has 1 aliphatic rings. The average Bonchev–Trinajstić information content (AvgIpc) is 2.91. The molecule has 1 atom stereocenters. The average molecular weight is 369 g/mol. The summed E-state index contributed by atoms with van der Waals surface area (Å²) in [7, 11) is 0. The van der Waals surface area contributed by atoms with Crippen LogP contribution >= 0.6 is 0 Å². The minimum atomic E-state index is -0.835. The van der Waals surface area contributed by atoms with E-state index in [2.05, 4.69) is 0 Å². The van der Waals surface area contributed by atoms with Crippen LogP contribution < -0.4 is 0 Å². The molecule has 6 heteroatoms. The van der Waals surface area contributed by atoms with Crippen molar-refractivity contribution in [2.75, 3.05) is 13.2 Å². The summed E-state index contributed by atoms with van der Waals surface area (Å²) in [4.78, 5) is 26.5. The molecular weight excluding hydrogens is 349 g/mol. The molecule has 1 heterocycles. The number of amides is 1. The van der Waals surface area contributed by atoms with Crippen LogP contribution in [0.3, 0.4) is 0 Å². The van der Waals surface area contributed by atoms with Gasteiger partial charge in [0.2, 0.25) is 0 Å². The van der Waals surface area contributed by atoms with E-state index in [0.29, 0.717) is 11.1 Å². The SMILES string of the molecule is Cc1ccc(/C(O)=C2\C(=O)C(=O)N(CCCO)[C@H]2c2ccc(F)cc2)cc1. The van der Waals surface area contributed by atoms with Crippen LogP contribution in [0.5, 0.6) is 0 Å². The summed E-state index contributed by atoms with van der Waals surface area (Å²) < 4.78 is 13.3. The Hall–Kier alpha value is -2.99. The number of Topliss-reactive ketones (excluding diaryl/α,β-unsaturated/α-hetero) is 1. The van der Waals surface area contributed by atoms with E-state index in [9.17, 15) is 19.1 Å². The standard InChI is InChI=1S/C21H20FNO4/c1-13-3-5-15(6-4-13)19(25)17-18(14-7-9-16(22)10-8-14)23(11-2-12-24)21(27)20(17)26/h3-10,18,24-25H,2,11-12H2,1H3/b19-17+/t18-/m0/s1. The summed E-state index contributed by atoms with van der Waals surface area (Å²) in [5.41, 5.74) is 1.90. The zero-order valence-corrected chi connectivity index (χ0v) is 14.9. The maximum Gasteiger partial charge on any atom is 0.295 e. The van der Waals surface area contributed by atoms with E-state index in [1.54, 1.807) is 24.3 Å². The summed E-state index contributed by atoms with van der Waals surface area (Å²) in [6.45, 7) is 1.90. The third-order valence-electron chi connectivity index (χ3n) is 4.61. The minimum absolute atomic E-state index is 0.0339. The smallest absolute Gasteiger partial charge is 0.295 e. The Bertz CT molecular complexity index is 887. The van der Waals surface area contributed by atoms with E-state index in [1.165, 1.54) is 29.2 Å². The fraction of sp³-hybridized carbons (Fsp3) is 0.238. The molecule has 140 valence electrons. The molecule has 2 aromatic rings. The van der Waals surface area contributed by atoms with Gasteiger partial charge >= 0.3 is 0 Å². The monoisotopic (exact) mass is 369 g/mol. The Morgan fingerprint density at radius 3 is 2.30 bits per heavy atom. The second-order valence-corrected chi connectivity index (χ2v) is 6.49. The Labute approximate surface area is 156 Å². The normalized spacial score (nSPS) is 18.9. The number of benzene rings is 2. The fourth-order valence-electron chi connectivity index (χ4n) is 3.21. The quantitative estimate of drug-likeness (QED) is 0.483. The van der Waals surface area contributed by atoms with Crippen molar-refractivity contribution < 1.29 is 24.2 Å². The van der Waals surface area contributed by atoms with E-state index in [1.807, 2.05) is 6.92 Å². The number of rotatable bonds is 5. The number of likely N-dealkylation sites (tertiary alicyclic amines) is 1. The number of carbonyl (C=O) groups excluding carboxylic acids is 2. The van der Waals surface area contributed by atoms with Gasteiger partial charge in [0, 0.05) is 18.7 Å². The molecule has 27 heavy (non-hydrogen) atoms. The van der Waals surface area contributed by atoms with Crippen LogP contribution in [0.4, 0.5) is 4.39 Å². The van der Waals surface area contributed by atoms with Crippen molar-refractivity contribution in [1.29, 1.82) is 0 Å². The predicted octanol–water partition coefficient (Wildman–Crippen LogP) is 2.94. The molecular formula is C21H20FNO4. The second-order valence-electron chi connectivity index (χ2n) is 6.49. The van der Waals surface area contributed by atoms with Crippen LogP contribution in [0, 0.1) is 12.7 Å². The highest BCUT2D eigenvalue weighted by atomic mass is 19.1. The minimum Gasteiger partial charge on any atom is -0.507 e. The van der Waals surface area contributed by atoms with Gasteiger partial charge in [0.05, 0.1) is 11.6 Å². The molecule has 0 unspecified atom stereocenters. The molecule has 1 amide bonds. The molecule has 0 bridgehead atoms. The number of carbonyl (C=O) groups is 2. The summed E-state index contributed by atoms with van der Waals surface area (Å²) in [6.07, 6.45) is 0.287. The molecule has 0 spiro atoms. The second kappa shape index (κ2) is 7.72. The Morgan fingerprint density at radius 1 is 1.07 bits per heavy atom. The Morgan fingerprint density at radius 2 is 1.70 bits per heavy atom. The molecule has 5 nitrogen and oxygen atoms in total. The maximum absolute atomic E-state index is 13.3. The highest BCUT2D eigenvalue weighted by Crippen LogP contribution is 2.39. The van der Waals surface area contributed by atoms with Crippen molar-refractivity contribution in [2.24, 2.45) is 0 Å². The van der Waals surface area contributed by atoms with Gasteiger partial charge < -0.3 is 15.1 Å². The topological polar surface area (TPSA) is 77.8 Å². The van der Waals surface area contributed by atoms with Gasteiger partial charge in [-0.1, -0.05) is 42.0 Å². The van der Waals surface area contributed by atoms with Crippen LogP contribution in [0.1, 0.15) is 29.2 Å². The van der Waals surface area contributed by atoms with Crippen molar-refractivity contribution in [3.05, 3.63) is 76.6 Å². The fourth-order valence-corrected chi connectivity index (χ4v) is 3.21. The number of halogens is 1. The number of hydrogen-bond acceptors (Lipinski definition) is 4. The van der Waals surface area contributed by atoms with Crippen LogP contribution in [-0.4, -0.2) is 40.0 Å². The lowest BCUT2D eigenvalue weighted by molar-refractivity contribution is -0.140. The van der Waals surface area contributed by atoms with Gasteiger partial charge in [-0.2, -0.15) is 0 Å². The van der Waals surface area contributed by atoms with Gasteiger partial charge in [0.15, 0.2) is 0 Å². The van der Waals surface area contributed by atoms with Crippen LogP contribution in [0.2, 0.25) is 0 Å². The Balaban J connectivity index is 2.14. The number of nitrogens with zero attached hydrogens (tertiary/aromatic N) is 1. The van der Waals surface area contributed by atoms with Gasteiger partial charge in [-0.15, -0.1) is 0 Å². The van der Waals surface area contributed by atoms with Crippen molar-refractivity contribution in [2.45, 2.75) is 19.4 Å². The molecule has 0 radical (unpaired) electrons. The number of aliphatic hydroxyl groups excluding tert-OH is 2.